The number of carbonyl (C=O) groups is 1. The molecule has 0 bridgehead atoms. The van der Waals surface area contributed by atoms with Crippen molar-refractivity contribution in [2.75, 3.05) is 19.5 Å². The molecule has 1 aromatic carbocycles. The Morgan fingerprint density at radius 3 is 2.66 bits per heavy atom. The third kappa shape index (κ3) is 5.68. The van der Waals surface area contributed by atoms with Gasteiger partial charge in [-0.05, 0) is 54.5 Å². The average molecular weight is 512 g/mol. The van der Waals surface area contributed by atoms with Gasteiger partial charge in [-0.25, -0.2) is 19.2 Å². The summed E-state index contributed by atoms with van der Waals surface area (Å²) in [4.78, 5) is 23.8. The number of rotatable bonds is 9. The maximum absolute atomic E-state index is 14.4. The van der Waals surface area contributed by atoms with Crippen molar-refractivity contribution >= 4 is 39.6 Å². The minimum atomic E-state index is -0.493. The molecular weight excluding hydrogens is 485 g/mol. The van der Waals surface area contributed by atoms with E-state index in [-0.39, 0.29) is 5.75 Å². The Kier molecular flexibility index (Phi) is 7.77. The van der Waals surface area contributed by atoms with E-state index in [1.54, 1.807) is 35.7 Å². The summed E-state index contributed by atoms with van der Waals surface area (Å²) in [6.45, 7) is 4.32. The highest BCUT2D eigenvalue weighted by atomic mass is 32.1. The molecule has 6 nitrogen and oxygen atoms in total. The zero-order chi connectivity index (χ0) is 24.9. The molecule has 182 valence electrons. The van der Waals surface area contributed by atoms with E-state index in [1.165, 1.54) is 31.6 Å². The van der Waals surface area contributed by atoms with Gasteiger partial charge in [0.25, 0.3) is 0 Å². The molecule has 0 fully saturated rings. The van der Waals surface area contributed by atoms with Gasteiger partial charge in [-0.3, -0.25) is 0 Å². The van der Waals surface area contributed by atoms with Gasteiger partial charge in [-0.2, -0.15) is 0 Å². The predicted molar refractivity (Wildman–Crippen MR) is 139 cm³/mol. The molecule has 9 heteroatoms. The smallest absolute Gasteiger partial charge is 0.341 e. The van der Waals surface area contributed by atoms with E-state index in [0.29, 0.717) is 33.7 Å². The second-order valence-corrected chi connectivity index (χ2v) is 10.3. The monoisotopic (exact) mass is 511 g/mol. The number of aryl methyl sites for hydroxylation is 1. The maximum atomic E-state index is 14.4. The Bertz CT molecular complexity index is 1320. The van der Waals surface area contributed by atoms with E-state index in [0.717, 1.165) is 28.2 Å². The zero-order valence-corrected chi connectivity index (χ0v) is 21.6. The number of benzene rings is 1. The summed E-state index contributed by atoms with van der Waals surface area (Å²) in [6, 6.07) is 10.5. The summed E-state index contributed by atoms with van der Waals surface area (Å²) in [7, 11) is 2.78. The van der Waals surface area contributed by atoms with Crippen molar-refractivity contribution in [3.05, 3.63) is 64.2 Å². The molecule has 1 N–H and O–H groups in total. The fraction of sp³-hybridized carbons (Fsp3) is 0.269. The number of thiazole rings is 1. The first-order valence-electron chi connectivity index (χ1n) is 11.1. The topological polar surface area (TPSA) is 73.3 Å². The molecule has 4 rings (SSSR count). The number of nitrogens with zero attached hydrogens (tertiary/aromatic N) is 2. The minimum absolute atomic E-state index is 0.184. The summed E-state index contributed by atoms with van der Waals surface area (Å²) >= 11 is 3.04. The Hall–Kier alpha value is -3.30. The molecule has 0 aliphatic heterocycles. The number of anilines is 2. The van der Waals surface area contributed by atoms with E-state index in [9.17, 15) is 9.18 Å². The average Bonchev–Trinajstić information content (AvgIpc) is 3.53. The third-order valence-corrected chi connectivity index (χ3v) is 7.34. The van der Waals surface area contributed by atoms with Crippen LogP contribution in [0.1, 0.15) is 35.5 Å². The first-order chi connectivity index (χ1) is 16.9. The third-order valence-electron chi connectivity index (χ3n) is 5.40. The fourth-order valence-electron chi connectivity index (χ4n) is 3.54. The van der Waals surface area contributed by atoms with Crippen molar-refractivity contribution in [3.8, 4) is 27.4 Å². The first kappa shape index (κ1) is 24.8. The van der Waals surface area contributed by atoms with Crippen LogP contribution in [0, 0.1) is 11.7 Å². The standard InChI is InChI=1S/C26H26FN3O3S2/c1-15(2)7-10-22-23(16-8-9-20(32-3)19(27)13-16)29-26(35-22)30-24-18(25(31)33-4)12-17(14-28-24)21-6-5-11-34-21/h5-6,8-9,11-15H,7,10H2,1-4H3,(H,28,29,30). The molecule has 0 spiro atoms. The molecule has 3 aromatic heterocycles. The number of carbonyl (C=O) groups excluding carboxylic acids is 1. The van der Waals surface area contributed by atoms with Gasteiger partial charge in [0.1, 0.15) is 11.4 Å². The molecule has 0 atom stereocenters. The number of esters is 1. The van der Waals surface area contributed by atoms with Crippen molar-refractivity contribution in [2.45, 2.75) is 26.7 Å². The Morgan fingerprint density at radius 1 is 1.17 bits per heavy atom. The van der Waals surface area contributed by atoms with Crippen molar-refractivity contribution in [1.82, 2.24) is 9.97 Å². The lowest BCUT2D eigenvalue weighted by Gasteiger charge is -2.09. The van der Waals surface area contributed by atoms with E-state index < -0.39 is 11.8 Å². The van der Waals surface area contributed by atoms with E-state index in [1.807, 2.05) is 17.5 Å². The molecule has 0 radical (unpaired) electrons. The molecule has 0 saturated carbocycles. The van der Waals surface area contributed by atoms with Crippen LogP contribution in [0.2, 0.25) is 0 Å². The van der Waals surface area contributed by atoms with Gasteiger partial charge in [-0.1, -0.05) is 19.9 Å². The van der Waals surface area contributed by atoms with Crippen LogP contribution in [0.25, 0.3) is 21.7 Å². The molecule has 0 unspecified atom stereocenters. The molecule has 0 aliphatic carbocycles. The van der Waals surface area contributed by atoms with Gasteiger partial charge in [-0.15, -0.1) is 22.7 Å². The fourth-order valence-corrected chi connectivity index (χ4v) is 5.25. The normalized spacial score (nSPS) is 11.0. The number of aromatic nitrogens is 2. The number of ether oxygens (including phenoxy) is 2. The van der Waals surface area contributed by atoms with Gasteiger partial charge in [0, 0.05) is 27.1 Å². The Balaban J connectivity index is 1.71. The van der Waals surface area contributed by atoms with Crippen molar-refractivity contribution in [2.24, 2.45) is 5.92 Å². The van der Waals surface area contributed by atoms with Gasteiger partial charge in [0.15, 0.2) is 16.7 Å². The van der Waals surface area contributed by atoms with Gasteiger partial charge >= 0.3 is 5.97 Å². The quantitative estimate of drug-likeness (QED) is 0.240. The minimum Gasteiger partial charge on any atom is -0.494 e. The number of halogens is 1. The SMILES string of the molecule is COC(=O)c1cc(-c2cccs2)cnc1Nc1nc(-c2ccc(OC)c(F)c2)c(CCC(C)C)s1. The zero-order valence-electron chi connectivity index (χ0n) is 19.9. The molecule has 3 heterocycles. The summed E-state index contributed by atoms with van der Waals surface area (Å²) in [5, 5.41) is 5.73. The summed E-state index contributed by atoms with van der Waals surface area (Å²) in [6.07, 6.45) is 3.48. The number of thiophene rings is 1. The molecular formula is C26H26FN3O3S2. The van der Waals surface area contributed by atoms with E-state index in [4.69, 9.17) is 14.5 Å². The van der Waals surface area contributed by atoms with Crippen LogP contribution in [-0.2, 0) is 11.2 Å². The molecule has 4 aromatic rings. The van der Waals surface area contributed by atoms with Crippen molar-refractivity contribution in [3.63, 3.8) is 0 Å². The summed E-state index contributed by atoms with van der Waals surface area (Å²) < 4.78 is 24.5. The number of hydrogen-bond donors (Lipinski definition) is 1. The molecule has 0 amide bonds. The van der Waals surface area contributed by atoms with Crippen LogP contribution in [0.15, 0.2) is 48.0 Å². The van der Waals surface area contributed by atoms with Gasteiger partial charge in [0.2, 0.25) is 0 Å². The second-order valence-electron chi connectivity index (χ2n) is 8.29. The van der Waals surface area contributed by atoms with Crippen LogP contribution in [0.4, 0.5) is 15.3 Å². The first-order valence-corrected chi connectivity index (χ1v) is 12.8. The Morgan fingerprint density at radius 2 is 2.00 bits per heavy atom. The number of pyridine rings is 1. The molecule has 35 heavy (non-hydrogen) atoms. The van der Waals surface area contributed by atoms with Crippen LogP contribution in [-0.4, -0.2) is 30.2 Å². The van der Waals surface area contributed by atoms with Crippen LogP contribution >= 0.6 is 22.7 Å². The second kappa shape index (κ2) is 11.0. The lowest BCUT2D eigenvalue weighted by atomic mass is 10.0. The van der Waals surface area contributed by atoms with Crippen LogP contribution in [0.5, 0.6) is 5.75 Å². The number of hydrogen-bond acceptors (Lipinski definition) is 8. The van der Waals surface area contributed by atoms with E-state index in [2.05, 4.69) is 24.1 Å². The summed E-state index contributed by atoms with van der Waals surface area (Å²) in [5.74, 6) is 0.109. The van der Waals surface area contributed by atoms with Crippen LogP contribution in [0.3, 0.4) is 0 Å². The lowest BCUT2D eigenvalue weighted by Crippen LogP contribution is -2.07. The highest BCUT2D eigenvalue weighted by Crippen LogP contribution is 2.36. The lowest BCUT2D eigenvalue weighted by molar-refractivity contribution is 0.0601. The van der Waals surface area contributed by atoms with Gasteiger partial charge < -0.3 is 14.8 Å². The highest BCUT2D eigenvalue weighted by molar-refractivity contribution is 7.16. The predicted octanol–water partition coefficient (Wildman–Crippen LogP) is 7.20. The highest BCUT2D eigenvalue weighted by Gasteiger charge is 2.20. The van der Waals surface area contributed by atoms with Crippen molar-refractivity contribution < 1.29 is 18.7 Å². The van der Waals surface area contributed by atoms with Crippen LogP contribution < -0.4 is 10.1 Å². The Labute approximate surface area is 211 Å². The number of methoxy groups -OCH3 is 2. The molecule has 0 saturated heterocycles. The maximum Gasteiger partial charge on any atom is 0.341 e. The molecule has 0 aliphatic rings. The van der Waals surface area contributed by atoms with E-state index >= 15 is 0 Å². The summed E-state index contributed by atoms with van der Waals surface area (Å²) in [5.41, 5.74) is 2.52. The number of nitrogens with one attached hydrogen (secondary N) is 1. The van der Waals surface area contributed by atoms with Gasteiger partial charge in [0.05, 0.1) is 19.9 Å². The largest absolute Gasteiger partial charge is 0.494 e. The van der Waals surface area contributed by atoms with Crippen molar-refractivity contribution in [1.29, 1.82) is 0 Å².